The quantitative estimate of drug-likeness (QED) is 0.802. The van der Waals surface area contributed by atoms with Crippen LogP contribution in [0.5, 0.6) is 0 Å². The van der Waals surface area contributed by atoms with Gasteiger partial charge in [0.2, 0.25) is 5.91 Å². The minimum absolute atomic E-state index is 0.0342. The lowest BCUT2D eigenvalue weighted by Crippen LogP contribution is -2.31. The second-order valence-electron chi connectivity index (χ2n) is 6.03. The number of halogens is 2. The van der Waals surface area contributed by atoms with E-state index in [9.17, 15) is 10.0 Å². The molecule has 0 spiro atoms. The van der Waals surface area contributed by atoms with Crippen LogP contribution in [0.25, 0.3) is 5.70 Å². The van der Waals surface area contributed by atoms with Crippen molar-refractivity contribution in [3.05, 3.63) is 80.4 Å². The Kier molecular flexibility index (Phi) is 5.32. The highest BCUT2D eigenvalue weighted by Gasteiger charge is 2.19. The van der Waals surface area contributed by atoms with Crippen LogP contribution in [-0.2, 0) is 4.79 Å². The molecule has 0 bridgehead atoms. The molecule has 0 fully saturated rings. The molecule has 0 unspecified atom stereocenters. The summed E-state index contributed by atoms with van der Waals surface area (Å²) in [5.74, 6) is -0.214. The van der Waals surface area contributed by atoms with E-state index in [0.29, 0.717) is 37.6 Å². The number of carbonyl (C=O) groups is 1. The van der Waals surface area contributed by atoms with Crippen molar-refractivity contribution in [1.29, 1.82) is 0 Å². The first-order chi connectivity index (χ1) is 12.4. The molecule has 7 heteroatoms. The lowest BCUT2D eigenvalue weighted by atomic mass is 10.1. The summed E-state index contributed by atoms with van der Waals surface area (Å²) in [6.07, 6.45) is 1.40. The van der Waals surface area contributed by atoms with Crippen molar-refractivity contribution < 1.29 is 10.0 Å². The maximum absolute atomic E-state index is 12.0. The van der Waals surface area contributed by atoms with E-state index in [4.69, 9.17) is 23.2 Å². The Hall–Kier alpha value is -2.34. The van der Waals surface area contributed by atoms with Crippen LogP contribution >= 0.6 is 23.2 Å². The standard InChI is InChI=1S/C19H17Cl2N3O2/c1-23(2)18(25)10-13-11-24(26)19(14-5-3-4-6-16(14)21)15-9-12(20)7-8-17(15)22-13/h3-10,26H,11H2,1-2H3/b13-10-. The Labute approximate surface area is 161 Å². The number of rotatable bonds is 2. The van der Waals surface area contributed by atoms with Crippen LogP contribution in [0, 0.1) is 0 Å². The van der Waals surface area contributed by atoms with Gasteiger partial charge in [-0.25, -0.2) is 5.06 Å². The topological polar surface area (TPSA) is 56.1 Å². The van der Waals surface area contributed by atoms with Crippen molar-refractivity contribution >= 4 is 34.8 Å². The van der Waals surface area contributed by atoms with Gasteiger partial charge in [0.1, 0.15) is 0 Å². The first-order valence-electron chi connectivity index (χ1n) is 7.88. The molecule has 0 saturated carbocycles. The number of hydrogen-bond donors (Lipinski definition) is 1. The Morgan fingerprint density at radius 1 is 1.23 bits per heavy atom. The molecular weight excluding hydrogens is 373 g/mol. The number of amides is 1. The van der Waals surface area contributed by atoms with E-state index in [0.717, 1.165) is 5.06 Å². The molecule has 0 aliphatic carbocycles. The van der Waals surface area contributed by atoms with Crippen LogP contribution in [0.15, 0.2) is 59.2 Å². The van der Waals surface area contributed by atoms with Crippen LogP contribution < -0.4 is 10.6 Å². The van der Waals surface area contributed by atoms with E-state index in [1.54, 1.807) is 38.4 Å². The minimum atomic E-state index is -0.214. The Balaban J connectivity index is 2.32. The van der Waals surface area contributed by atoms with Crippen LogP contribution in [0.3, 0.4) is 0 Å². The van der Waals surface area contributed by atoms with Gasteiger partial charge in [-0.3, -0.25) is 15.0 Å². The number of carbonyl (C=O) groups excluding carboxylic acids is 1. The SMILES string of the molecule is CN(C)C(=O)/C=C1/CN(O)C(c2ccccc2Cl)=c2cc(Cl)ccc2=N1. The smallest absolute Gasteiger partial charge is 0.247 e. The number of hydrogen-bond acceptors (Lipinski definition) is 4. The van der Waals surface area contributed by atoms with E-state index in [2.05, 4.69) is 4.99 Å². The fourth-order valence-electron chi connectivity index (χ4n) is 2.64. The second kappa shape index (κ2) is 7.50. The van der Waals surface area contributed by atoms with Crippen molar-refractivity contribution in [1.82, 2.24) is 9.96 Å². The molecule has 5 nitrogen and oxygen atoms in total. The Morgan fingerprint density at radius 3 is 2.65 bits per heavy atom. The third-order valence-electron chi connectivity index (χ3n) is 3.91. The zero-order chi connectivity index (χ0) is 18.8. The average molecular weight is 390 g/mol. The molecule has 134 valence electrons. The fraction of sp³-hybridized carbons (Fsp3) is 0.158. The van der Waals surface area contributed by atoms with Crippen molar-refractivity contribution in [2.75, 3.05) is 20.6 Å². The van der Waals surface area contributed by atoms with E-state index < -0.39 is 0 Å². The molecule has 1 N–H and O–H groups in total. The summed E-state index contributed by atoms with van der Waals surface area (Å²) >= 11 is 12.5. The predicted molar refractivity (Wildman–Crippen MR) is 101 cm³/mol. The first kappa shape index (κ1) is 18.5. The zero-order valence-electron chi connectivity index (χ0n) is 14.3. The molecule has 3 rings (SSSR count). The summed E-state index contributed by atoms with van der Waals surface area (Å²) in [4.78, 5) is 18.0. The van der Waals surface area contributed by atoms with Gasteiger partial charge in [0, 0.05) is 41.0 Å². The Bertz CT molecular complexity index is 1020. The first-order valence-corrected chi connectivity index (χ1v) is 8.64. The predicted octanol–water partition coefficient (Wildman–Crippen LogP) is 2.45. The van der Waals surface area contributed by atoms with Gasteiger partial charge in [-0.1, -0.05) is 41.4 Å². The lowest BCUT2D eigenvalue weighted by Gasteiger charge is -2.20. The third kappa shape index (κ3) is 3.75. The number of likely N-dealkylation sites (N-methyl/N-ethyl adjacent to an activating group) is 1. The second-order valence-corrected chi connectivity index (χ2v) is 6.87. The molecule has 0 aromatic heterocycles. The van der Waals surface area contributed by atoms with Gasteiger partial charge in [0.05, 0.1) is 23.3 Å². The number of benzene rings is 2. The molecule has 1 amide bonds. The molecule has 2 aromatic rings. The van der Waals surface area contributed by atoms with Gasteiger partial charge in [-0.15, -0.1) is 0 Å². The van der Waals surface area contributed by atoms with E-state index in [1.807, 2.05) is 18.2 Å². The summed E-state index contributed by atoms with van der Waals surface area (Å²) in [7, 11) is 3.31. The summed E-state index contributed by atoms with van der Waals surface area (Å²) < 4.78 is 0. The van der Waals surface area contributed by atoms with E-state index >= 15 is 0 Å². The summed E-state index contributed by atoms with van der Waals surface area (Å²) in [5, 5.41) is 14.0. The van der Waals surface area contributed by atoms with E-state index in [-0.39, 0.29) is 12.5 Å². The third-order valence-corrected chi connectivity index (χ3v) is 4.47. The normalized spacial score (nSPS) is 15.3. The highest BCUT2D eigenvalue weighted by atomic mass is 35.5. The zero-order valence-corrected chi connectivity index (χ0v) is 15.8. The monoisotopic (exact) mass is 389 g/mol. The van der Waals surface area contributed by atoms with Gasteiger partial charge in [-0.2, -0.15) is 0 Å². The lowest BCUT2D eigenvalue weighted by molar-refractivity contribution is -0.123. The summed E-state index contributed by atoms with van der Waals surface area (Å²) in [5.41, 5.74) is 1.56. The van der Waals surface area contributed by atoms with Crippen LogP contribution in [0.4, 0.5) is 0 Å². The number of nitrogens with zero attached hydrogens (tertiary/aromatic N) is 3. The van der Waals surface area contributed by atoms with Gasteiger partial charge >= 0.3 is 0 Å². The van der Waals surface area contributed by atoms with Crippen LogP contribution in [0.2, 0.25) is 10.0 Å². The molecule has 0 radical (unpaired) electrons. The molecule has 2 aromatic carbocycles. The molecule has 26 heavy (non-hydrogen) atoms. The molecule has 0 saturated heterocycles. The summed E-state index contributed by atoms with van der Waals surface area (Å²) in [6, 6.07) is 12.4. The molecule has 1 aliphatic heterocycles. The Morgan fingerprint density at radius 2 is 1.96 bits per heavy atom. The maximum atomic E-state index is 12.0. The highest BCUT2D eigenvalue weighted by Crippen LogP contribution is 2.25. The van der Waals surface area contributed by atoms with Crippen molar-refractivity contribution in [3.63, 3.8) is 0 Å². The molecule has 1 aliphatic rings. The maximum Gasteiger partial charge on any atom is 0.247 e. The van der Waals surface area contributed by atoms with E-state index in [1.165, 1.54) is 11.0 Å². The number of fused-ring (bicyclic) bond motifs is 1. The summed E-state index contributed by atoms with van der Waals surface area (Å²) in [6.45, 7) is 0.0342. The fourth-order valence-corrected chi connectivity index (χ4v) is 3.04. The van der Waals surface area contributed by atoms with Crippen LogP contribution in [-0.4, -0.2) is 41.7 Å². The van der Waals surface area contributed by atoms with Crippen molar-refractivity contribution in [2.45, 2.75) is 0 Å². The van der Waals surface area contributed by atoms with Gasteiger partial charge in [-0.05, 0) is 24.3 Å². The molecular formula is C19H17Cl2N3O2. The largest absolute Gasteiger partial charge is 0.345 e. The van der Waals surface area contributed by atoms with Gasteiger partial charge in [0.25, 0.3) is 0 Å². The van der Waals surface area contributed by atoms with Crippen LogP contribution in [0.1, 0.15) is 5.56 Å². The van der Waals surface area contributed by atoms with Crippen molar-refractivity contribution in [2.24, 2.45) is 4.99 Å². The highest BCUT2D eigenvalue weighted by molar-refractivity contribution is 6.32. The average Bonchev–Trinajstić information content (AvgIpc) is 2.71. The van der Waals surface area contributed by atoms with Gasteiger partial charge < -0.3 is 4.90 Å². The molecule has 0 atom stereocenters. The van der Waals surface area contributed by atoms with Gasteiger partial charge in [0.15, 0.2) is 0 Å². The van der Waals surface area contributed by atoms with Crippen molar-refractivity contribution in [3.8, 4) is 0 Å². The minimum Gasteiger partial charge on any atom is -0.345 e. The molecule has 1 heterocycles. The number of hydroxylamine groups is 2.